The number of rotatable bonds is 3. The predicted octanol–water partition coefficient (Wildman–Crippen LogP) is 4.62. The fourth-order valence-electron chi connectivity index (χ4n) is 1.01. The van der Waals surface area contributed by atoms with Crippen LogP contribution in [0.4, 0.5) is 13.2 Å². The maximum absolute atomic E-state index is 11.9. The molecule has 1 atom stereocenters. The van der Waals surface area contributed by atoms with E-state index in [0.29, 0.717) is 0 Å². The smallest absolute Gasteiger partial charge is 0.323 e. The second kappa shape index (κ2) is 5.16. The van der Waals surface area contributed by atoms with Gasteiger partial charge < -0.3 is 5.73 Å². The summed E-state index contributed by atoms with van der Waals surface area (Å²) in [6.07, 6.45) is -5.06. The Morgan fingerprint density at radius 3 is 2.40 bits per heavy atom. The first-order chi connectivity index (χ1) is 6.79. The fourth-order valence-corrected chi connectivity index (χ4v) is 3.13. The van der Waals surface area contributed by atoms with Crippen LogP contribution < -0.4 is 5.73 Å². The zero-order chi connectivity index (χ0) is 11.6. The van der Waals surface area contributed by atoms with Crippen molar-refractivity contribution >= 4 is 43.2 Å². The van der Waals surface area contributed by atoms with E-state index in [0.717, 1.165) is 13.1 Å². The van der Waals surface area contributed by atoms with Gasteiger partial charge in [0, 0.05) is 21.8 Å². The van der Waals surface area contributed by atoms with Crippen molar-refractivity contribution in [1.29, 1.82) is 0 Å². The molecule has 0 aliphatic carbocycles. The lowest BCUT2D eigenvalue weighted by Crippen LogP contribution is -2.14. The summed E-state index contributed by atoms with van der Waals surface area (Å²) < 4.78 is 37.5. The SMILES string of the molecule is NC(CCC(F)(F)F)c1cc(Br)c(Br)s1. The molecule has 1 unspecified atom stereocenters. The highest BCUT2D eigenvalue weighted by molar-refractivity contribution is 9.13. The van der Waals surface area contributed by atoms with Crippen molar-refractivity contribution in [2.24, 2.45) is 5.73 Å². The van der Waals surface area contributed by atoms with Crippen LogP contribution in [0.2, 0.25) is 0 Å². The Labute approximate surface area is 106 Å². The molecule has 86 valence electrons. The van der Waals surface area contributed by atoms with Crippen LogP contribution in [0.1, 0.15) is 23.8 Å². The van der Waals surface area contributed by atoms with E-state index < -0.39 is 18.6 Å². The van der Waals surface area contributed by atoms with Gasteiger partial charge in [0.1, 0.15) is 0 Å². The van der Waals surface area contributed by atoms with Crippen LogP contribution in [0, 0.1) is 0 Å². The van der Waals surface area contributed by atoms with Gasteiger partial charge in [-0.1, -0.05) is 0 Å². The maximum atomic E-state index is 11.9. The van der Waals surface area contributed by atoms with Crippen LogP contribution in [0.5, 0.6) is 0 Å². The molecule has 0 fully saturated rings. The maximum Gasteiger partial charge on any atom is 0.389 e. The molecule has 1 heterocycles. The average molecular weight is 367 g/mol. The van der Waals surface area contributed by atoms with Crippen LogP contribution in [0.15, 0.2) is 14.3 Å². The topological polar surface area (TPSA) is 26.0 Å². The summed E-state index contributed by atoms with van der Waals surface area (Å²) in [5.41, 5.74) is 5.65. The van der Waals surface area contributed by atoms with E-state index in [1.165, 1.54) is 11.3 Å². The lowest BCUT2D eigenvalue weighted by molar-refractivity contribution is -0.136. The molecular weight excluding hydrogens is 359 g/mol. The van der Waals surface area contributed by atoms with Gasteiger partial charge >= 0.3 is 6.18 Å². The van der Waals surface area contributed by atoms with Crippen molar-refractivity contribution in [1.82, 2.24) is 0 Å². The molecule has 0 amide bonds. The summed E-state index contributed by atoms with van der Waals surface area (Å²) in [4.78, 5) is 0.748. The minimum absolute atomic E-state index is 0.0805. The van der Waals surface area contributed by atoms with Gasteiger partial charge in [0.2, 0.25) is 0 Å². The van der Waals surface area contributed by atoms with Gasteiger partial charge in [0.25, 0.3) is 0 Å². The van der Waals surface area contributed by atoms with E-state index in [2.05, 4.69) is 31.9 Å². The molecule has 1 rings (SSSR count). The van der Waals surface area contributed by atoms with Gasteiger partial charge in [-0.15, -0.1) is 11.3 Å². The minimum atomic E-state index is -4.14. The van der Waals surface area contributed by atoms with Crippen LogP contribution >= 0.6 is 43.2 Å². The molecule has 0 saturated heterocycles. The standard InChI is InChI=1S/C8H8Br2F3NS/c9-4-3-6(15-7(4)10)5(14)1-2-8(11,12)13/h3,5H,1-2,14H2. The number of alkyl halides is 3. The summed E-state index contributed by atoms with van der Waals surface area (Å²) in [5.74, 6) is 0. The molecule has 1 aromatic rings. The molecular formula is C8H8Br2F3NS. The van der Waals surface area contributed by atoms with Gasteiger partial charge in [0.05, 0.1) is 3.79 Å². The quantitative estimate of drug-likeness (QED) is 0.830. The third-order valence-corrected chi connectivity index (χ3v) is 5.16. The summed E-state index contributed by atoms with van der Waals surface area (Å²) in [7, 11) is 0. The molecule has 0 bridgehead atoms. The van der Waals surface area contributed by atoms with E-state index in [1.807, 2.05) is 0 Å². The van der Waals surface area contributed by atoms with Gasteiger partial charge in [-0.25, -0.2) is 0 Å². The summed E-state index contributed by atoms with van der Waals surface area (Å²) >= 11 is 7.88. The van der Waals surface area contributed by atoms with E-state index in [9.17, 15) is 13.2 Å². The molecule has 2 N–H and O–H groups in total. The summed E-state index contributed by atoms with van der Waals surface area (Å²) in [6, 6.07) is 1.19. The highest BCUT2D eigenvalue weighted by Crippen LogP contribution is 2.37. The van der Waals surface area contributed by atoms with Gasteiger partial charge in [-0.2, -0.15) is 13.2 Å². The Bertz CT molecular complexity index is 318. The molecule has 0 aromatic carbocycles. The molecule has 7 heteroatoms. The van der Waals surface area contributed by atoms with E-state index in [1.54, 1.807) is 6.07 Å². The first-order valence-corrected chi connectivity index (χ1v) is 6.47. The van der Waals surface area contributed by atoms with Gasteiger partial charge in [-0.05, 0) is 44.3 Å². The molecule has 0 aliphatic rings. The first-order valence-electron chi connectivity index (χ1n) is 4.06. The van der Waals surface area contributed by atoms with Gasteiger partial charge in [0.15, 0.2) is 0 Å². The predicted molar refractivity (Wildman–Crippen MR) is 61.9 cm³/mol. The molecule has 15 heavy (non-hydrogen) atoms. The van der Waals surface area contributed by atoms with Crippen LogP contribution in [0.25, 0.3) is 0 Å². The monoisotopic (exact) mass is 365 g/mol. The first kappa shape index (κ1) is 13.5. The normalized spacial score (nSPS) is 14.3. The van der Waals surface area contributed by atoms with Crippen LogP contribution in [0.3, 0.4) is 0 Å². The van der Waals surface area contributed by atoms with E-state index in [4.69, 9.17) is 5.73 Å². The van der Waals surface area contributed by atoms with Gasteiger partial charge in [-0.3, -0.25) is 0 Å². The molecule has 1 nitrogen and oxygen atoms in total. The third-order valence-electron chi connectivity index (χ3n) is 1.77. The zero-order valence-corrected chi connectivity index (χ0v) is 11.4. The van der Waals surface area contributed by atoms with Crippen molar-refractivity contribution in [3.8, 4) is 0 Å². The second-order valence-corrected chi connectivity index (χ2v) is 6.29. The van der Waals surface area contributed by atoms with E-state index in [-0.39, 0.29) is 6.42 Å². The zero-order valence-electron chi connectivity index (χ0n) is 7.44. The Hall–Kier alpha value is 0.410. The Morgan fingerprint density at radius 1 is 1.40 bits per heavy atom. The third kappa shape index (κ3) is 4.42. The van der Waals surface area contributed by atoms with Crippen molar-refractivity contribution in [3.05, 3.63) is 19.2 Å². The minimum Gasteiger partial charge on any atom is -0.323 e. The van der Waals surface area contributed by atoms with Crippen molar-refractivity contribution in [3.63, 3.8) is 0 Å². The fraction of sp³-hybridized carbons (Fsp3) is 0.500. The average Bonchev–Trinajstić information content (AvgIpc) is 2.42. The highest BCUT2D eigenvalue weighted by Gasteiger charge is 2.28. The lowest BCUT2D eigenvalue weighted by atomic mass is 10.1. The van der Waals surface area contributed by atoms with E-state index >= 15 is 0 Å². The van der Waals surface area contributed by atoms with Crippen molar-refractivity contribution < 1.29 is 13.2 Å². The van der Waals surface area contributed by atoms with Crippen LogP contribution in [-0.2, 0) is 0 Å². The number of hydrogen-bond acceptors (Lipinski definition) is 2. The highest BCUT2D eigenvalue weighted by atomic mass is 79.9. The summed E-state index contributed by atoms with van der Waals surface area (Å²) in [6.45, 7) is 0. The lowest BCUT2D eigenvalue weighted by Gasteiger charge is -2.11. The molecule has 1 aromatic heterocycles. The number of halogens is 5. The molecule has 0 saturated carbocycles. The number of nitrogens with two attached hydrogens (primary N) is 1. The Kier molecular flexibility index (Phi) is 4.64. The van der Waals surface area contributed by atoms with Crippen molar-refractivity contribution in [2.75, 3.05) is 0 Å². The molecule has 0 aliphatic heterocycles. The number of hydrogen-bond donors (Lipinski definition) is 1. The largest absolute Gasteiger partial charge is 0.389 e. The summed E-state index contributed by atoms with van der Waals surface area (Å²) in [5, 5.41) is 0. The second-order valence-electron chi connectivity index (χ2n) is 3.03. The van der Waals surface area contributed by atoms with Crippen molar-refractivity contribution in [2.45, 2.75) is 25.1 Å². The Morgan fingerprint density at radius 2 is 2.00 bits per heavy atom. The molecule has 0 radical (unpaired) electrons. The van der Waals surface area contributed by atoms with Crippen LogP contribution in [-0.4, -0.2) is 6.18 Å². The Balaban J connectivity index is 2.58. The molecule has 0 spiro atoms. The number of thiophene rings is 1.